The number of alkyl halides is 3. The van der Waals surface area contributed by atoms with Crippen LogP contribution in [0, 0.1) is 17.0 Å². The number of nitrogens with zero attached hydrogens (tertiary/aromatic N) is 2. The van der Waals surface area contributed by atoms with Gasteiger partial charge in [0.2, 0.25) is 5.75 Å². The van der Waals surface area contributed by atoms with Gasteiger partial charge in [0.15, 0.2) is 0 Å². The van der Waals surface area contributed by atoms with Crippen LogP contribution in [-0.4, -0.2) is 23.4 Å². The summed E-state index contributed by atoms with van der Waals surface area (Å²) >= 11 is 0. The molecule has 0 saturated heterocycles. The largest absolute Gasteiger partial charge is 0.573 e. The lowest BCUT2D eigenvalue weighted by molar-refractivity contribution is -0.389. The van der Waals surface area contributed by atoms with E-state index in [1.807, 2.05) is 0 Å². The third-order valence-electron chi connectivity index (χ3n) is 1.66. The molecule has 9 heteroatoms. The Morgan fingerprint density at radius 1 is 1.47 bits per heavy atom. The number of methoxy groups -OCH3 is 1. The minimum atomic E-state index is -5.02. The SMILES string of the molecule is COc1nc(C)cc(OC(F)(F)F)c1[N+](=O)[O-]. The molecule has 0 aliphatic carbocycles. The second-order valence-electron chi connectivity index (χ2n) is 2.92. The van der Waals surface area contributed by atoms with Crippen LogP contribution in [0.5, 0.6) is 11.6 Å². The predicted molar refractivity (Wildman–Crippen MR) is 48.9 cm³/mol. The normalized spacial score (nSPS) is 11.1. The van der Waals surface area contributed by atoms with Crippen molar-refractivity contribution in [1.82, 2.24) is 4.98 Å². The summed E-state index contributed by atoms with van der Waals surface area (Å²) in [5.41, 5.74) is -0.859. The molecule has 1 rings (SSSR count). The van der Waals surface area contributed by atoms with Crippen LogP contribution in [0.25, 0.3) is 0 Å². The Labute approximate surface area is 93.1 Å². The first kappa shape index (κ1) is 13.0. The summed E-state index contributed by atoms with van der Waals surface area (Å²) in [6, 6.07) is 0.814. The molecule has 17 heavy (non-hydrogen) atoms. The minimum Gasteiger partial charge on any atom is -0.476 e. The summed E-state index contributed by atoms with van der Waals surface area (Å²) in [7, 11) is 1.06. The summed E-state index contributed by atoms with van der Waals surface area (Å²) in [5, 5.41) is 10.6. The lowest BCUT2D eigenvalue weighted by atomic mass is 10.3. The quantitative estimate of drug-likeness (QED) is 0.609. The molecule has 94 valence electrons. The Morgan fingerprint density at radius 2 is 2.06 bits per heavy atom. The maximum atomic E-state index is 12.0. The minimum absolute atomic E-state index is 0.103. The average Bonchev–Trinajstić information content (AvgIpc) is 2.12. The molecule has 0 N–H and O–H groups in total. The van der Waals surface area contributed by atoms with Crippen LogP contribution in [0.15, 0.2) is 6.07 Å². The predicted octanol–water partition coefficient (Wildman–Crippen LogP) is 2.21. The Morgan fingerprint density at radius 3 is 2.47 bits per heavy atom. The summed E-state index contributed by atoms with van der Waals surface area (Å²) in [6.45, 7) is 1.36. The summed E-state index contributed by atoms with van der Waals surface area (Å²) in [6.07, 6.45) is -5.02. The first-order valence-corrected chi connectivity index (χ1v) is 4.20. The van der Waals surface area contributed by atoms with Crippen LogP contribution in [0.1, 0.15) is 5.69 Å². The molecule has 6 nitrogen and oxygen atoms in total. The van der Waals surface area contributed by atoms with Gasteiger partial charge in [0, 0.05) is 11.8 Å². The topological polar surface area (TPSA) is 74.5 Å². The molecule has 0 atom stereocenters. The van der Waals surface area contributed by atoms with Crippen LogP contribution in [0.2, 0.25) is 0 Å². The molecule has 0 amide bonds. The first-order chi connectivity index (χ1) is 7.74. The van der Waals surface area contributed by atoms with E-state index >= 15 is 0 Å². The van der Waals surface area contributed by atoms with Crippen molar-refractivity contribution in [3.63, 3.8) is 0 Å². The van der Waals surface area contributed by atoms with Crippen molar-refractivity contribution in [2.75, 3.05) is 7.11 Å². The van der Waals surface area contributed by atoms with Gasteiger partial charge in [0.1, 0.15) is 0 Å². The molecule has 0 saturated carbocycles. The summed E-state index contributed by atoms with van der Waals surface area (Å²) < 4.78 is 44.2. The number of aromatic nitrogens is 1. The van der Waals surface area contributed by atoms with Crippen molar-refractivity contribution in [2.24, 2.45) is 0 Å². The molecule has 1 heterocycles. The maximum Gasteiger partial charge on any atom is 0.573 e. The zero-order valence-corrected chi connectivity index (χ0v) is 8.74. The van der Waals surface area contributed by atoms with E-state index in [1.54, 1.807) is 0 Å². The number of rotatable bonds is 3. The highest BCUT2D eigenvalue weighted by atomic mass is 19.4. The van der Waals surface area contributed by atoms with Gasteiger partial charge in [-0.1, -0.05) is 0 Å². The highest BCUT2D eigenvalue weighted by Gasteiger charge is 2.36. The van der Waals surface area contributed by atoms with E-state index in [-0.39, 0.29) is 5.69 Å². The molecule has 0 aliphatic rings. The zero-order chi connectivity index (χ0) is 13.2. The molecular formula is C8H7F3N2O4. The molecule has 0 spiro atoms. The van der Waals surface area contributed by atoms with Gasteiger partial charge < -0.3 is 9.47 Å². The van der Waals surface area contributed by atoms with E-state index in [4.69, 9.17) is 0 Å². The number of aryl methyl sites for hydroxylation is 1. The molecular weight excluding hydrogens is 245 g/mol. The number of pyridine rings is 1. The number of ether oxygens (including phenoxy) is 2. The smallest absolute Gasteiger partial charge is 0.476 e. The number of hydrogen-bond donors (Lipinski definition) is 0. The van der Waals surface area contributed by atoms with E-state index in [1.165, 1.54) is 6.92 Å². The fourth-order valence-corrected chi connectivity index (χ4v) is 1.12. The van der Waals surface area contributed by atoms with E-state index in [9.17, 15) is 23.3 Å². The van der Waals surface area contributed by atoms with Crippen LogP contribution in [0.4, 0.5) is 18.9 Å². The molecule has 1 aromatic heterocycles. The Bertz CT molecular complexity index is 447. The Balaban J connectivity index is 3.35. The Hall–Kier alpha value is -2.06. The highest BCUT2D eigenvalue weighted by molar-refractivity contribution is 5.54. The van der Waals surface area contributed by atoms with Gasteiger partial charge in [0.05, 0.1) is 12.0 Å². The Kier molecular flexibility index (Phi) is 3.39. The highest BCUT2D eigenvalue weighted by Crippen LogP contribution is 2.38. The number of halogens is 3. The summed E-state index contributed by atoms with van der Waals surface area (Å²) in [5.74, 6) is -1.49. The molecule has 0 aromatic carbocycles. The lowest BCUT2D eigenvalue weighted by Gasteiger charge is -2.11. The van der Waals surface area contributed by atoms with E-state index < -0.39 is 28.6 Å². The second kappa shape index (κ2) is 4.44. The third kappa shape index (κ3) is 3.20. The molecule has 0 aliphatic heterocycles. The van der Waals surface area contributed by atoms with Crippen LogP contribution in [0.3, 0.4) is 0 Å². The van der Waals surface area contributed by atoms with Crippen LogP contribution < -0.4 is 9.47 Å². The van der Waals surface area contributed by atoms with Crippen molar-refractivity contribution in [3.05, 3.63) is 21.9 Å². The van der Waals surface area contributed by atoms with Gasteiger partial charge in [-0.05, 0) is 6.92 Å². The van der Waals surface area contributed by atoms with Gasteiger partial charge in [-0.3, -0.25) is 10.1 Å². The first-order valence-electron chi connectivity index (χ1n) is 4.20. The third-order valence-corrected chi connectivity index (χ3v) is 1.66. The summed E-state index contributed by atoms with van der Waals surface area (Å²) in [4.78, 5) is 13.2. The fraction of sp³-hybridized carbons (Fsp3) is 0.375. The molecule has 0 bridgehead atoms. The molecule has 1 aromatic rings. The van der Waals surface area contributed by atoms with Gasteiger partial charge >= 0.3 is 12.0 Å². The molecule has 0 fully saturated rings. The number of nitro groups is 1. The van der Waals surface area contributed by atoms with E-state index in [0.717, 1.165) is 13.2 Å². The zero-order valence-electron chi connectivity index (χ0n) is 8.74. The van der Waals surface area contributed by atoms with Gasteiger partial charge in [-0.15, -0.1) is 13.2 Å². The van der Waals surface area contributed by atoms with Gasteiger partial charge in [-0.2, -0.15) is 0 Å². The van der Waals surface area contributed by atoms with Gasteiger partial charge in [0.25, 0.3) is 5.88 Å². The fourth-order valence-electron chi connectivity index (χ4n) is 1.12. The molecule has 0 unspecified atom stereocenters. The monoisotopic (exact) mass is 252 g/mol. The van der Waals surface area contributed by atoms with E-state index in [2.05, 4.69) is 14.5 Å². The van der Waals surface area contributed by atoms with Crippen LogP contribution >= 0.6 is 0 Å². The average molecular weight is 252 g/mol. The standard InChI is InChI=1S/C8H7F3N2O4/c1-4-3-5(17-8(9,10)11)6(13(14)15)7(12-4)16-2/h3H,1-2H3. The van der Waals surface area contributed by atoms with E-state index in [0.29, 0.717) is 0 Å². The second-order valence-corrected chi connectivity index (χ2v) is 2.92. The maximum absolute atomic E-state index is 12.0. The van der Waals surface area contributed by atoms with Crippen molar-refractivity contribution < 1.29 is 27.6 Å². The van der Waals surface area contributed by atoms with Crippen molar-refractivity contribution in [2.45, 2.75) is 13.3 Å². The number of hydrogen-bond acceptors (Lipinski definition) is 5. The van der Waals surface area contributed by atoms with Crippen molar-refractivity contribution in [1.29, 1.82) is 0 Å². The van der Waals surface area contributed by atoms with Crippen LogP contribution in [-0.2, 0) is 0 Å². The van der Waals surface area contributed by atoms with Gasteiger partial charge in [-0.25, -0.2) is 4.98 Å². The van der Waals surface area contributed by atoms with Crippen molar-refractivity contribution >= 4 is 5.69 Å². The van der Waals surface area contributed by atoms with Crippen molar-refractivity contribution in [3.8, 4) is 11.6 Å². The lowest BCUT2D eigenvalue weighted by Crippen LogP contribution is -2.18. The molecule has 0 radical (unpaired) electrons.